The molecule has 1 aromatic rings. The van der Waals surface area contributed by atoms with Gasteiger partial charge in [-0.05, 0) is 69.6 Å². The van der Waals surface area contributed by atoms with Crippen LogP contribution in [0.1, 0.15) is 72.1 Å². The minimum Gasteiger partial charge on any atom is -0.341 e. The fourth-order valence-electron chi connectivity index (χ4n) is 6.20. The molecule has 0 unspecified atom stereocenters. The third-order valence-corrected chi connectivity index (χ3v) is 8.11. The lowest BCUT2D eigenvalue weighted by Crippen LogP contribution is -2.49. The molecule has 5 rings (SSSR count). The Morgan fingerprint density at radius 3 is 1.78 bits per heavy atom. The van der Waals surface area contributed by atoms with Crippen LogP contribution < -0.4 is 0 Å². The summed E-state index contributed by atoms with van der Waals surface area (Å²) < 4.78 is 0. The van der Waals surface area contributed by atoms with Crippen LogP contribution in [0.2, 0.25) is 0 Å². The maximum Gasteiger partial charge on any atom is 0.254 e. The summed E-state index contributed by atoms with van der Waals surface area (Å²) in [6.45, 7) is 3.03. The van der Waals surface area contributed by atoms with E-state index in [1.807, 2.05) is 4.90 Å². The van der Waals surface area contributed by atoms with E-state index in [0.717, 1.165) is 45.1 Å². The average Bonchev–Trinajstić information content (AvgIpc) is 3.72. The predicted molar refractivity (Wildman–Crippen MR) is 131 cm³/mol. The fraction of sp³-hybridized carbons (Fsp3) is 0.593. The van der Waals surface area contributed by atoms with Crippen LogP contribution in [-0.2, 0) is 14.4 Å². The van der Waals surface area contributed by atoms with Crippen molar-refractivity contribution in [3.8, 4) is 0 Å². The predicted octanol–water partition coefficient (Wildman–Crippen LogP) is 1.71. The van der Waals surface area contributed by atoms with Crippen molar-refractivity contribution >= 4 is 29.9 Å². The van der Waals surface area contributed by atoms with E-state index < -0.39 is 18.1 Å². The van der Waals surface area contributed by atoms with Crippen molar-refractivity contribution in [3.05, 3.63) is 35.4 Å². The summed E-state index contributed by atoms with van der Waals surface area (Å²) in [7, 11) is 0. The molecule has 0 aliphatic carbocycles. The molecule has 0 aromatic heterocycles. The first kappa shape index (κ1) is 24.5. The minimum absolute atomic E-state index is 0.0274. The Balaban J connectivity index is 1.31. The van der Waals surface area contributed by atoms with Gasteiger partial charge in [0.05, 0.1) is 6.04 Å². The molecule has 0 spiro atoms. The number of aldehydes is 1. The molecular weight excluding hydrogens is 460 g/mol. The van der Waals surface area contributed by atoms with Crippen LogP contribution in [0.5, 0.6) is 0 Å². The molecule has 9 nitrogen and oxygen atoms in total. The van der Waals surface area contributed by atoms with Crippen LogP contribution in [0, 0.1) is 0 Å². The summed E-state index contributed by atoms with van der Waals surface area (Å²) in [5.41, 5.74) is 0.736. The molecular formula is C27H34N4O5. The lowest BCUT2D eigenvalue weighted by Gasteiger charge is -2.30. The first-order valence-electron chi connectivity index (χ1n) is 13.3. The summed E-state index contributed by atoms with van der Waals surface area (Å²) in [6.07, 6.45) is 7.01. The van der Waals surface area contributed by atoms with Crippen LogP contribution >= 0.6 is 0 Å². The average molecular weight is 495 g/mol. The quantitative estimate of drug-likeness (QED) is 0.581. The number of carbonyl (C=O) groups is 5. The number of benzene rings is 1. The molecule has 4 amide bonds. The van der Waals surface area contributed by atoms with Crippen LogP contribution in [-0.4, -0.2) is 100 Å². The number of amides is 4. The number of carbonyl (C=O) groups excluding carboxylic acids is 5. The zero-order valence-electron chi connectivity index (χ0n) is 20.6. The molecule has 9 heteroatoms. The van der Waals surface area contributed by atoms with E-state index >= 15 is 0 Å². The molecule has 36 heavy (non-hydrogen) atoms. The molecule has 4 heterocycles. The molecule has 4 aliphatic heterocycles. The van der Waals surface area contributed by atoms with Crippen LogP contribution in [0.15, 0.2) is 24.3 Å². The van der Waals surface area contributed by atoms with Crippen molar-refractivity contribution in [2.24, 2.45) is 0 Å². The molecule has 0 saturated carbocycles. The van der Waals surface area contributed by atoms with Gasteiger partial charge in [0.25, 0.3) is 11.8 Å². The summed E-state index contributed by atoms with van der Waals surface area (Å²) in [5.74, 6) is -0.657. The fourth-order valence-corrected chi connectivity index (χ4v) is 6.20. The SMILES string of the molecule is O=C[C@@H]1CCCN1C(=O)[C@@H]1CCCN1C(=O)c1cccc(C(=O)N2CCC[C@H]2C(=O)N2CCCC2)c1. The monoisotopic (exact) mass is 494 g/mol. The van der Waals surface area contributed by atoms with E-state index in [1.165, 1.54) is 0 Å². The third-order valence-electron chi connectivity index (χ3n) is 8.11. The molecule has 4 aliphatic rings. The second-order valence-corrected chi connectivity index (χ2v) is 10.3. The summed E-state index contributed by atoms with van der Waals surface area (Å²) in [4.78, 5) is 71.2. The lowest BCUT2D eigenvalue weighted by molar-refractivity contribution is -0.138. The highest BCUT2D eigenvalue weighted by molar-refractivity contribution is 6.02. The molecule has 3 atom stereocenters. The highest BCUT2D eigenvalue weighted by Crippen LogP contribution is 2.27. The number of rotatable bonds is 5. The molecule has 0 bridgehead atoms. The smallest absolute Gasteiger partial charge is 0.254 e. The van der Waals surface area contributed by atoms with Gasteiger partial charge in [0.2, 0.25) is 11.8 Å². The number of hydrogen-bond donors (Lipinski definition) is 0. The maximum atomic E-state index is 13.5. The number of nitrogens with zero attached hydrogens (tertiary/aromatic N) is 4. The normalized spacial score (nSPS) is 26.1. The molecule has 4 fully saturated rings. The Morgan fingerprint density at radius 2 is 1.19 bits per heavy atom. The van der Waals surface area contributed by atoms with Gasteiger partial charge in [0.1, 0.15) is 18.4 Å². The van der Waals surface area contributed by atoms with Crippen molar-refractivity contribution in [1.29, 1.82) is 0 Å². The van der Waals surface area contributed by atoms with Crippen LogP contribution in [0.4, 0.5) is 0 Å². The van der Waals surface area contributed by atoms with Gasteiger partial charge in [-0.1, -0.05) is 6.07 Å². The topological polar surface area (TPSA) is 98.3 Å². The van der Waals surface area contributed by atoms with Crippen LogP contribution in [0.25, 0.3) is 0 Å². The van der Waals surface area contributed by atoms with E-state index in [0.29, 0.717) is 56.4 Å². The molecule has 0 radical (unpaired) electrons. The lowest BCUT2D eigenvalue weighted by atomic mass is 10.1. The van der Waals surface area contributed by atoms with E-state index in [4.69, 9.17) is 0 Å². The maximum absolute atomic E-state index is 13.5. The first-order valence-corrected chi connectivity index (χ1v) is 13.3. The van der Waals surface area contributed by atoms with E-state index in [-0.39, 0.29) is 23.6 Å². The number of hydrogen-bond acceptors (Lipinski definition) is 5. The Hall–Kier alpha value is -3.23. The van der Waals surface area contributed by atoms with Crippen molar-refractivity contribution in [1.82, 2.24) is 19.6 Å². The summed E-state index contributed by atoms with van der Waals surface area (Å²) >= 11 is 0. The van der Waals surface area contributed by atoms with Crippen molar-refractivity contribution in [2.75, 3.05) is 32.7 Å². The summed E-state index contributed by atoms with van der Waals surface area (Å²) in [5, 5.41) is 0. The Labute approximate surface area is 211 Å². The van der Waals surface area contributed by atoms with E-state index in [1.54, 1.807) is 39.0 Å². The Morgan fingerprint density at radius 1 is 0.667 bits per heavy atom. The Kier molecular flexibility index (Phi) is 7.07. The van der Waals surface area contributed by atoms with Crippen molar-refractivity contribution in [3.63, 3.8) is 0 Å². The highest BCUT2D eigenvalue weighted by atomic mass is 16.2. The third kappa shape index (κ3) is 4.51. The first-order chi connectivity index (χ1) is 17.5. The van der Waals surface area contributed by atoms with Crippen molar-refractivity contribution < 1.29 is 24.0 Å². The Bertz CT molecular complexity index is 1050. The van der Waals surface area contributed by atoms with Gasteiger partial charge in [-0.15, -0.1) is 0 Å². The van der Waals surface area contributed by atoms with Gasteiger partial charge < -0.3 is 24.4 Å². The highest BCUT2D eigenvalue weighted by Gasteiger charge is 2.41. The zero-order chi connectivity index (χ0) is 25.2. The van der Waals surface area contributed by atoms with Gasteiger partial charge in [0.15, 0.2) is 0 Å². The van der Waals surface area contributed by atoms with E-state index in [9.17, 15) is 24.0 Å². The second kappa shape index (κ2) is 10.4. The van der Waals surface area contributed by atoms with Gasteiger partial charge in [-0.25, -0.2) is 0 Å². The van der Waals surface area contributed by atoms with Crippen molar-refractivity contribution in [2.45, 2.75) is 69.5 Å². The zero-order valence-corrected chi connectivity index (χ0v) is 20.6. The van der Waals surface area contributed by atoms with E-state index in [2.05, 4.69) is 0 Å². The van der Waals surface area contributed by atoms with Crippen LogP contribution in [0.3, 0.4) is 0 Å². The summed E-state index contributed by atoms with van der Waals surface area (Å²) in [6, 6.07) is 5.18. The second-order valence-electron chi connectivity index (χ2n) is 10.3. The molecule has 192 valence electrons. The minimum atomic E-state index is -0.585. The van der Waals surface area contributed by atoms with Gasteiger partial charge in [0, 0.05) is 43.9 Å². The van der Waals surface area contributed by atoms with Gasteiger partial charge in [-0.3, -0.25) is 19.2 Å². The molecule has 4 saturated heterocycles. The van der Waals surface area contributed by atoms with Gasteiger partial charge >= 0.3 is 0 Å². The number of likely N-dealkylation sites (tertiary alicyclic amines) is 4. The largest absolute Gasteiger partial charge is 0.341 e. The standard InChI is InChI=1S/C27H34N4O5/c32-18-21-9-4-14-29(21)27(36)23-11-6-16-31(23)25(34)20-8-3-7-19(17-20)24(33)30-15-5-10-22(30)26(35)28-12-1-2-13-28/h3,7-8,17-18,21-23H,1-2,4-6,9-16H2/t21-,22-,23-/m0/s1. The van der Waals surface area contributed by atoms with Gasteiger partial charge in [-0.2, -0.15) is 0 Å². The molecule has 0 N–H and O–H groups in total. The molecule has 1 aromatic carbocycles.